The van der Waals surface area contributed by atoms with Gasteiger partial charge in [-0.25, -0.2) is 0 Å². The van der Waals surface area contributed by atoms with Gasteiger partial charge >= 0.3 is 0 Å². The molecule has 2 aliphatic heterocycles. The maximum Gasteiger partial charge on any atom is 0.237 e. The van der Waals surface area contributed by atoms with Crippen LogP contribution in [0, 0.1) is 5.92 Å². The van der Waals surface area contributed by atoms with E-state index in [9.17, 15) is 4.79 Å². The Kier molecular flexibility index (Phi) is 7.27. The zero-order valence-corrected chi connectivity index (χ0v) is 15.1. The van der Waals surface area contributed by atoms with Crippen molar-refractivity contribution in [2.75, 3.05) is 52.5 Å². The monoisotopic (exact) mass is 327 g/mol. The second-order valence-corrected chi connectivity index (χ2v) is 7.15. The summed E-state index contributed by atoms with van der Waals surface area (Å²) in [4.78, 5) is 17.3. The summed E-state index contributed by atoms with van der Waals surface area (Å²) in [7, 11) is 0. The van der Waals surface area contributed by atoms with Crippen LogP contribution in [0.25, 0.3) is 0 Å². The summed E-state index contributed by atoms with van der Waals surface area (Å²) in [6.07, 6.45) is 0.363. The lowest BCUT2D eigenvalue weighted by Gasteiger charge is -2.41. The summed E-state index contributed by atoms with van der Waals surface area (Å²) >= 11 is 0. The summed E-state index contributed by atoms with van der Waals surface area (Å²) < 4.78 is 11.1. The maximum atomic E-state index is 12.7. The van der Waals surface area contributed by atoms with Crippen LogP contribution in [0.3, 0.4) is 0 Å². The fraction of sp³-hybridized carbons (Fsp3) is 0.941. The molecule has 2 saturated heterocycles. The summed E-state index contributed by atoms with van der Waals surface area (Å²) in [5.74, 6) is 0.436. The van der Waals surface area contributed by atoms with Crippen molar-refractivity contribution in [2.45, 2.75) is 45.9 Å². The van der Waals surface area contributed by atoms with Gasteiger partial charge in [0.05, 0.1) is 31.5 Å². The van der Waals surface area contributed by atoms with Gasteiger partial charge in [0.1, 0.15) is 0 Å². The highest BCUT2D eigenvalue weighted by Gasteiger charge is 2.33. The summed E-state index contributed by atoms with van der Waals surface area (Å²) in [5, 5.41) is 3.13. The average Bonchev–Trinajstić information content (AvgIpc) is 2.47. The number of morpholine rings is 2. The quantitative estimate of drug-likeness (QED) is 0.773. The van der Waals surface area contributed by atoms with Crippen molar-refractivity contribution < 1.29 is 14.3 Å². The van der Waals surface area contributed by atoms with Crippen LogP contribution >= 0.6 is 0 Å². The van der Waals surface area contributed by atoms with Crippen molar-refractivity contribution in [3.63, 3.8) is 0 Å². The van der Waals surface area contributed by atoms with E-state index in [0.29, 0.717) is 6.54 Å². The second kappa shape index (κ2) is 8.97. The first kappa shape index (κ1) is 18.6. The summed E-state index contributed by atoms with van der Waals surface area (Å²) in [5.41, 5.74) is 0. The summed E-state index contributed by atoms with van der Waals surface area (Å²) in [6, 6.07) is -0.0755. The van der Waals surface area contributed by atoms with Gasteiger partial charge < -0.3 is 14.8 Å². The van der Waals surface area contributed by atoms with Crippen LogP contribution in [0.15, 0.2) is 0 Å². The normalized spacial score (nSPS) is 28.7. The zero-order chi connectivity index (χ0) is 16.8. The molecule has 2 fully saturated rings. The minimum Gasteiger partial charge on any atom is -0.379 e. The number of hydrogen-bond acceptors (Lipinski definition) is 5. The van der Waals surface area contributed by atoms with Crippen LogP contribution < -0.4 is 5.32 Å². The van der Waals surface area contributed by atoms with Gasteiger partial charge in [-0.2, -0.15) is 0 Å². The molecule has 23 heavy (non-hydrogen) atoms. The Hall–Kier alpha value is -0.690. The molecule has 0 bridgehead atoms. The Balaban J connectivity index is 1.82. The molecule has 0 aromatic heterocycles. The van der Waals surface area contributed by atoms with Crippen molar-refractivity contribution in [2.24, 2.45) is 5.92 Å². The number of nitrogens with one attached hydrogen (secondary N) is 1. The molecule has 2 aliphatic rings. The molecule has 0 saturated carbocycles. The third kappa shape index (κ3) is 5.71. The van der Waals surface area contributed by atoms with Gasteiger partial charge in [-0.05, 0) is 19.8 Å². The van der Waals surface area contributed by atoms with Crippen LogP contribution in [-0.2, 0) is 14.3 Å². The topological polar surface area (TPSA) is 54.0 Å². The Bertz CT molecular complexity index is 362. The van der Waals surface area contributed by atoms with E-state index in [2.05, 4.69) is 42.8 Å². The standard InChI is InChI=1S/C17H33N3O3/c1-13(2)16(20-11-14(3)23-15(4)12-20)17(21)18-5-6-19-7-9-22-10-8-19/h13-16H,5-12H2,1-4H3,(H,18,21). The number of carbonyl (C=O) groups is 1. The molecule has 2 rings (SSSR count). The number of carbonyl (C=O) groups excluding carboxylic acids is 1. The predicted octanol–water partition coefficient (Wildman–Crippen LogP) is 0.569. The molecule has 3 unspecified atom stereocenters. The van der Waals surface area contributed by atoms with Crippen molar-refractivity contribution in [3.05, 3.63) is 0 Å². The van der Waals surface area contributed by atoms with E-state index in [-0.39, 0.29) is 30.1 Å². The van der Waals surface area contributed by atoms with E-state index in [0.717, 1.165) is 45.9 Å². The van der Waals surface area contributed by atoms with E-state index in [4.69, 9.17) is 9.47 Å². The van der Waals surface area contributed by atoms with Crippen LogP contribution in [-0.4, -0.2) is 86.4 Å². The molecular weight excluding hydrogens is 294 g/mol. The number of rotatable bonds is 6. The van der Waals surface area contributed by atoms with Crippen LogP contribution in [0.5, 0.6) is 0 Å². The number of amides is 1. The van der Waals surface area contributed by atoms with Crippen LogP contribution in [0.4, 0.5) is 0 Å². The molecule has 0 aliphatic carbocycles. The Labute approximate surface area is 140 Å². The molecular formula is C17H33N3O3. The van der Waals surface area contributed by atoms with E-state index in [1.165, 1.54) is 0 Å². The first-order chi connectivity index (χ1) is 11.0. The molecule has 0 spiro atoms. The number of hydrogen-bond donors (Lipinski definition) is 1. The van der Waals surface area contributed by atoms with Crippen molar-refractivity contribution in [1.29, 1.82) is 0 Å². The van der Waals surface area contributed by atoms with Crippen molar-refractivity contribution in [3.8, 4) is 0 Å². The lowest BCUT2D eigenvalue weighted by molar-refractivity contribution is -0.135. The van der Waals surface area contributed by atoms with Gasteiger partial charge in [-0.15, -0.1) is 0 Å². The Morgan fingerprint density at radius 2 is 1.78 bits per heavy atom. The number of nitrogens with zero attached hydrogens (tertiary/aromatic N) is 2. The molecule has 3 atom stereocenters. The molecule has 1 N–H and O–H groups in total. The SMILES string of the molecule is CC1CN(C(C(=O)NCCN2CCOCC2)C(C)C)CC(C)O1. The molecule has 6 nitrogen and oxygen atoms in total. The fourth-order valence-corrected chi connectivity index (χ4v) is 3.60. The zero-order valence-electron chi connectivity index (χ0n) is 15.1. The third-order valence-electron chi connectivity index (χ3n) is 4.57. The molecule has 0 radical (unpaired) electrons. The van der Waals surface area contributed by atoms with Gasteiger partial charge in [0.2, 0.25) is 5.91 Å². The minimum atomic E-state index is -0.0755. The van der Waals surface area contributed by atoms with E-state index in [1.807, 2.05) is 0 Å². The minimum absolute atomic E-state index is 0.0755. The lowest BCUT2D eigenvalue weighted by atomic mass is 9.99. The van der Waals surface area contributed by atoms with Crippen LogP contribution in [0.1, 0.15) is 27.7 Å². The van der Waals surface area contributed by atoms with Gasteiger partial charge in [-0.3, -0.25) is 14.6 Å². The maximum absolute atomic E-state index is 12.7. The fourth-order valence-electron chi connectivity index (χ4n) is 3.60. The number of ether oxygens (including phenoxy) is 2. The van der Waals surface area contributed by atoms with Gasteiger partial charge in [-0.1, -0.05) is 13.8 Å². The van der Waals surface area contributed by atoms with Gasteiger partial charge in [0.15, 0.2) is 0 Å². The average molecular weight is 327 g/mol. The Morgan fingerprint density at radius 3 is 2.35 bits per heavy atom. The van der Waals surface area contributed by atoms with Crippen molar-refractivity contribution in [1.82, 2.24) is 15.1 Å². The molecule has 6 heteroatoms. The summed E-state index contributed by atoms with van der Waals surface area (Å²) in [6.45, 7) is 15.2. The Morgan fingerprint density at radius 1 is 1.17 bits per heavy atom. The van der Waals surface area contributed by atoms with E-state index < -0.39 is 0 Å². The molecule has 2 heterocycles. The van der Waals surface area contributed by atoms with E-state index in [1.54, 1.807) is 0 Å². The van der Waals surface area contributed by atoms with Gasteiger partial charge in [0.25, 0.3) is 0 Å². The molecule has 0 aromatic rings. The first-order valence-electron chi connectivity index (χ1n) is 8.94. The predicted molar refractivity (Wildman–Crippen MR) is 90.5 cm³/mol. The smallest absolute Gasteiger partial charge is 0.237 e. The highest BCUT2D eigenvalue weighted by molar-refractivity contribution is 5.82. The highest BCUT2D eigenvalue weighted by atomic mass is 16.5. The second-order valence-electron chi connectivity index (χ2n) is 7.15. The van der Waals surface area contributed by atoms with Crippen molar-refractivity contribution >= 4 is 5.91 Å². The molecule has 0 aromatic carbocycles. The highest BCUT2D eigenvalue weighted by Crippen LogP contribution is 2.18. The third-order valence-corrected chi connectivity index (χ3v) is 4.57. The molecule has 1 amide bonds. The van der Waals surface area contributed by atoms with E-state index >= 15 is 0 Å². The lowest BCUT2D eigenvalue weighted by Crippen LogP contribution is -2.57. The van der Waals surface area contributed by atoms with Gasteiger partial charge in [0, 0.05) is 39.3 Å². The first-order valence-corrected chi connectivity index (χ1v) is 8.94. The molecule has 134 valence electrons. The van der Waals surface area contributed by atoms with Crippen LogP contribution in [0.2, 0.25) is 0 Å². The largest absolute Gasteiger partial charge is 0.379 e.